The molecular formula is C54H40O. The van der Waals surface area contributed by atoms with Crippen LogP contribution in [0.15, 0.2) is 162 Å². The average Bonchev–Trinajstić information content (AvgIpc) is 3.73. The predicted octanol–water partition coefficient (Wildman–Crippen LogP) is 14.6. The molecule has 0 radical (unpaired) electrons. The van der Waals surface area contributed by atoms with E-state index in [9.17, 15) is 0 Å². The van der Waals surface area contributed by atoms with Crippen LogP contribution in [0.25, 0.3) is 88.0 Å². The van der Waals surface area contributed by atoms with Gasteiger partial charge in [0, 0.05) is 21.8 Å². The van der Waals surface area contributed by atoms with Crippen LogP contribution >= 0.6 is 0 Å². The van der Waals surface area contributed by atoms with Crippen molar-refractivity contribution in [2.45, 2.75) is 37.5 Å². The Labute approximate surface area is 321 Å². The van der Waals surface area contributed by atoms with Crippen LogP contribution in [0.4, 0.5) is 0 Å². The van der Waals surface area contributed by atoms with Crippen LogP contribution in [-0.2, 0) is 5.41 Å². The second-order valence-corrected chi connectivity index (χ2v) is 17.3. The van der Waals surface area contributed by atoms with E-state index in [1.54, 1.807) is 11.1 Å². The quantitative estimate of drug-likeness (QED) is 0.178. The lowest BCUT2D eigenvalue weighted by Gasteiger charge is -2.61. The van der Waals surface area contributed by atoms with Gasteiger partial charge in [-0.2, -0.15) is 0 Å². The molecule has 262 valence electrons. The third-order valence-corrected chi connectivity index (χ3v) is 14.6. The van der Waals surface area contributed by atoms with Gasteiger partial charge >= 0.3 is 0 Å². The Bertz CT molecular complexity index is 3010. The Morgan fingerprint density at radius 2 is 0.964 bits per heavy atom. The summed E-state index contributed by atoms with van der Waals surface area (Å²) >= 11 is 0. The minimum absolute atomic E-state index is 0.0843. The van der Waals surface area contributed by atoms with Gasteiger partial charge in [-0.15, -0.1) is 0 Å². The maximum atomic E-state index is 6.72. The van der Waals surface area contributed by atoms with Crippen LogP contribution in [0.1, 0.15) is 43.2 Å². The van der Waals surface area contributed by atoms with Crippen molar-refractivity contribution in [2.75, 3.05) is 0 Å². The van der Waals surface area contributed by atoms with E-state index in [4.69, 9.17) is 4.42 Å². The van der Waals surface area contributed by atoms with Crippen LogP contribution in [0.3, 0.4) is 0 Å². The van der Waals surface area contributed by atoms with Gasteiger partial charge in [-0.3, -0.25) is 0 Å². The van der Waals surface area contributed by atoms with Crippen molar-refractivity contribution in [3.63, 3.8) is 0 Å². The molecule has 0 N–H and O–H groups in total. The molecule has 0 amide bonds. The lowest BCUT2D eigenvalue weighted by molar-refractivity contribution is -0.0398. The molecule has 1 nitrogen and oxygen atoms in total. The van der Waals surface area contributed by atoms with E-state index in [0.717, 1.165) is 23.0 Å². The van der Waals surface area contributed by atoms with Crippen LogP contribution in [0.2, 0.25) is 0 Å². The van der Waals surface area contributed by atoms with Crippen LogP contribution in [-0.4, -0.2) is 0 Å². The number of benzene rings is 8. The summed E-state index contributed by atoms with van der Waals surface area (Å²) < 4.78 is 6.72. The maximum absolute atomic E-state index is 6.72. The zero-order chi connectivity index (χ0) is 35.8. The molecule has 0 saturated heterocycles. The molecule has 9 aromatic rings. The topological polar surface area (TPSA) is 13.1 Å². The van der Waals surface area contributed by atoms with Crippen molar-refractivity contribution < 1.29 is 4.42 Å². The SMILES string of the molecule is c1ccc(-c2ccc(-c3c(-c4ccc5c(c4)C4(c6cc7ccccc7cc6-5)C5CC6CC(C5)CC4C6)ccc4oc5cc6ccccc6cc5c34)cc2)cc1. The lowest BCUT2D eigenvalue weighted by atomic mass is 9.43. The Balaban J connectivity index is 1.07. The molecule has 4 bridgehead atoms. The highest BCUT2D eigenvalue weighted by molar-refractivity contribution is 6.18. The van der Waals surface area contributed by atoms with E-state index in [0.29, 0.717) is 11.8 Å². The van der Waals surface area contributed by atoms with Gasteiger partial charge < -0.3 is 4.42 Å². The first-order valence-corrected chi connectivity index (χ1v) is 20.4. The number of rotatable bonds is 3. The minimum atomic E-state index is 0.0843. The van der Waals surface area contributed by atoms with Gasteiger partial charge in [0.2, 0.25) is 0 Å². The van der Waals surface area contributed by atoms with Gasteiger partial charge in [-0.05, 0) is 164 Å². The number of fused-ring (bicyclic) bond motifs is 8. The molecule has 14 rings (SSSR count). The maximum Gasteiger partial charge on any atom is 0.136 e. The number of hydrogen-bond acceptors (Lipinski definition) is 1. The average molecular weight is 705 g/mol. The second-order valence-electron chi connectivity index (χ2n) is 17.3. The summed E-state index contributed by atoms with van der Waals surface area (Å²) in [6, 6.07) is 59.5. The highest BCUT2D eigenvalue weighted by atomic mass is 16.3. The molecule has 1 heterocycles. The van der Waals surface area contributed by atoms with Crippen molar-refractivity contribution >= 4 is 43.5 Å². The molecule has 0 aliphatic heterocycles. The van der Waals surface area contributed by atoms with E-state index in [-0.39, 0.29) is 5.41 Å². The molecule has 1 heteroatoms. The third-order valence-electron chi connectivity index (χ3n) is 14.6. The predicted molar refractivity (Wildman–Crippen MR) is 228 cm³/mol. The number of hydrogen-bond donors (Lipinski definition) is 0. The smallest absolute Gasteiger partial charge is 0.136 e. The largest absolute Gasteiger partial charge is 0.456 e. The van der Waals surface area contributed by atoms with Gasteiger partial charge in [0.1, 0.15) is 11.2 Å². The summed E-state index contributed by atoms with van der Waals surface area (Å²) in [6.45, 7) is 0. The molecule has 1 aromatic heterocycles. The zero-order valence-corrected chi connectivity index (χ0v) is 30.8. The van der Waals surface area contributed by atoms with Gasteiger partial charge in [-0.25, -0.2) is 0 Å². The molecule has 4 fully saturated rings. The summed E-state index contributed by atoms with van der Waals surface area (Å²) in [7, 11) is 0. The standard InChI is InChI=1S/C54H40O/c1-2-8-34(9-3-1)35-14-16-36(17-15-35)52-44(20-21-50-53(52)47-28-38-11-5-7-13-40(38)31-51(47)55-50)41-18-19-45-46-27-37-10-4-6-12-39(37)29-49(46)54(48(45)30-41)42-23-32-22-33(25-42)26-43(54)24-32/h1-21,27-33,42-43H,22-26H2. The second kappa shape index (κ2) is 11.1. The normalized spacial score (nSPS) is 23.3. The molecular weight excluding hydrogens is 665 g/mol. The Morgan fingerprint density at radius 1 is 0.400 bits per heavy atom. The molecule has 8 aromatic carbocycles. The highest BCUT2D eigenvalue weighted by Gasteiger charge is 2.61. The first-order chi connectivity index (χ1) is 27.2. The monoisotopic (exact) mass is 704 g/mol. The summed E-state index contributed by atoms with van der Waals surface area (Å²) in [4.78, 5) is 0. The van der Waals surface area contributed by atoms with E-state index in [1.165, 1.54) is 109 Å². The molecule has 55 heavy (non-hydrogen) atoms. The Hall–Kier alpha value is -5.92. The zero-order valence-electron chi connectivity index (χ0n) is 30.8. The molecule has 4 saturated carbocycles. The van der Waals surface area contributed by atoms with Crippen molar-refractivity contribution in [1.29, 1.82) is 0 Å². The summed E-state index contributed by atoms with van der Waals surface area (Å²) in [6.07, 6.45) is 6.97. The fourth-order valence-electron chi connectivity index (χ4n) is 12.6. The molecule has 0 unspecified atom stereocenters. The van der Waals surface area contributed by atoms with Gasteiger partial charge in [0.15, 0.2) is 0 Å². The summed E-state index contributed by atoms with van der Waals surface area (Å²) in [5.74, 6) is 3.22. The Kier molecular flexibility index (Phi) is 6.13. The van der Waals surface area contributed by atoms with E-state index < -0.39 is 0 Å². The Morgan fingerprint density at radius 3 is 1.69 bits per heavy atom. The van der Waals surface area contributed by atoms with Crippen LogP contribution in [0.5, 0.6) is 0 Å². The van der Waals surface area contributed by atoms with E-state index in [2.05, 4.69) is 158 Å². The summed E-state index contributed by atoms with van der Waals surface area (Å²) in [5.41, 5.74) is 15.6. The van der Waals surface area contributed by atoms with Crippen molar-refractivity contribution in [1.82, 2.24) is 0 Å². The molecule has 5 aliphatic carbocycles. The van der Waals surface area contributed by atoms with Gasteiger partial charge in [-0.1, -0.05) is 121 Å². The van der Waals surface area contributed by atoms with Gasteiger partial charge in [0.25, 0.3) is 0 Å². The first-order valence-electron chi connectivity index (χ1n) is 20.4. The first kappa shape index (κ1) is 30.4. The minimum Gasteiger partial charge on any atom is -0.456 e. The van der Waals surface area contributed by atoms with Gasteiger partial charge in [0.05, 0.1) is 0 Å². The highest BCUT2D eigenvalue weighted by Crippen LogP contribution is 2.70. The lowest BCUT2D eigenvalue weighted by Crippen LogP contribution is -2.55. The third kappa shape index (κ3) is 4.19. The van der Waals surface area contributed by atoms with Crippen molar-refractivity contribution in [2.24, 2.45) is 23.7 Å². The van der Waals surface area contributed by atoms with Crippen molar-refractivity contribution in [3.8, 4) is 44.5 Å². The molecule has 0 atom stereocenters. The fraction of sp³-hybridized carbons (Fsp3) is 0.185. The van der Waals surface area contributed by atoms with Crippen molar-refractivity contribution in [3.05, 3.63) is 169 Å². The fourth-order valence-corrected chi connectivity index (χ4v) is 12.6. The summed E-state index contributed by atoms with van der Waals surface area (Å²) in [5, 5.41) is 7.55. The molecule has 5 aliphatic rings. The van der Waals surface area contributed by atoms with Crippen LogP contribution in [0, 0.1) is 23.7 Å². The number of furan rings is 1. The van der Waals surface area contributed by atoms with Crippen LogP contribution < -0.4 is 0 Å². The van der Waals surface area contributed by atoms with E-state index >= 15 is 0 Å². The molecule has 1 spiro atoms. The van der Waals surface area contributed by atoms with E-state index in [1.807, 2.05) is 0 Å².